The summed E-state index contributed by atoms with van der Waals surface area (Å²) in [6.07, 6.45) is 0. The van der Waals surface area contributed by atoms with Crippen LogP contribution in [0.1, 0.15) is 0 Å². The van der Waals surface area contributed by atoms with Gasteiger partial charge in [0.2, 0.25) is 5.95 Å². The Bertz CT molecular complexity index is 243. The largest absolute Gasteiger partial charge is 0.394 e. The fraction of sp³-hybridized carbons (Fsp3) is 0. The second-order valence-electron chi connectivity index (χ2n) is 1.63. The predicted octanol–water partition coefficient (Wildman–Crippen LogP) is 2.22. The average molecular weight is 225 g/mol. The number of hydrogen-bond donors (Lipinski definition) is 1. The topological polar surface area (TPSA) is 38.9 Å². The van der Waals surface area contributed by atoms with Gasteiger partial charge in [0, 0.05) is 4.47 Å². The van der Waals surface area contributed by atoms with E-state index in [1.807, 2.05) is 0 Å². The van der Waals surface area contributed by atoms with Gasteiger partial charge in [0.15, 0.2) is 0 Å². The molecule has 0 fully saturated rings. The lowest BCUT2D eigenvalue weighted by Crippen LogP contribution is -1.94. The molecule has 1 aromatic heterocycles. The molecule has 0 radical (unpaired) electrons. The SMILES string of the molecule is Nc1c(Br)cc(Cl)nc1F. The van der Waals surface area contributed by atoms with E-state index in [0.29, 0.717) is 4.47 Å². The highest BCUT2D eigenvalue weighted by molar-refractivity contribution is 9.10. The zero-order chi connectivity index (χ0) is 7.72. The standard InChI is InChI=1S/C5H3BrClFN2/c6-2-1-3(7)10-5(8)4(2)9/h1H,9H2. The maximum Gasteiger partial charge on any atom is 0.238 e. The van der Waals surface area contributed by atoms with Gasteiger partial charge in [0.05, 0.1) is 0 Å². The molecule has 0 unspecified atom stereocenters. The lowest BCUT2D eigenvalue weighted by Gasteiger charge is -1.97. The van der Waals surface area contributed by atoms with Crippen molar-refractivity contribution in [1.82, 2.24) is 4.98 Å². The minimum atomic E-state index is -0.751. The van der Waals surface area contributed by atoms with Crippen molar-refractivity contribution < 1.29 is 4.39 Å². The molecule has 0 saturated carbocycles. The Labute approximate surface area is 70.3 Å². The molecule has 0 aliphatic rings. The third-order valence-corrected chi connectivity index (χ3v) is 1.78. The quantitative estimate of drug-likeness (QED) is 0.688. The monoisotopic (exact) mass is 224 g/mol. The Balaban J connectivity index is 3.31. The molecule has 0 amide bonds. The number of pyridine rings is 1. The second-order valence-corrected chi connectivity index (χ2v) is 2.87. The zero-order valence-corrected chi connectivity index (χ0v) is 7.08. The van der Waals surface area contributed by atoms with E-state index in [9.17, 15) is 4.39 Å². The maximum atomic E-state index is 12.5. The molecule has 0 atom stereocenters. The van der Waals surface area contributed by atoms with Crippen molar-refractivity contribution in [3.63, 3.8) is 0 Å². The van der Waals surface area contributed by atoms with Crippen LogP contribution >= 0.6 is 27.5 Å². The van der Waals surface area contributed by atoms with E-state index in [1.165, 1.54) is 6.07 Å². The van der Waals surface area contributed by atoms with Gasteiger partial charge in [-0.3, -0.25) is 0 Å². The molecule has 0 aliphatic carbocycles. The summed E-state index contributed by atoms with van der Waals surface area (Å²) < 4.78 is 12.9. The molecule has 1 rings (SSSR count). The highest BCUT2D eigenvalue weighted by Crippen LogP contribution is 2.23. The average Bonchev–Trinajstić information content (AvgIpc) is 1.82. The van der Waals surface area contributed by atoms with Crippen LogP contribution in [-0.2, 0) is 0 Å². The minimum absolute atomic E-state index is 0.0237. The van der Waals surface area contributed by atoms with Crippen molar-refractivity contribution in [2.45, 2.75) is 0 Å². The van der Waals surface area contributed by atoms with Crippen LogP contribution in [0.4, 0.5) is 10.1 Å². The molecule has 0 aliphatic heterocycles. The van der Waals surface area contributed by atoms with E-state index in [4.69, 9.17) is 17.3 Å². The first-order valence-electron chi connectivity index (χ1n) is 2.38. The van der Waals surface area contributed by atoms with Crippen LogP contribution in [-0.4, -0.2) is 4.98 Å². The van der Waals surface area contributed by atoms with Crippen LogP contribution in [0.2, 0.25) is 5.15 Å². The Morgan fingerprint density at radius 3 is 2.80 bits per heavy atom. The molecule has 0 saturated heterocycles. The molecular weight excluding hydrogens is 222 g/mol. The summed E-state index contributed by atoms with van der Waals surface area (Å²) in [5, 5.41) is 0.0820. The predicted molar refractivity (Wildman–Crippen MR) is 41.3 cm³/mol. The summed E-state index contributed by atoms with van der Waals surface area (Å²) in [6.45, 7) is 0. The van der Waals surface area contributed by atoms with Crippen molar-refractivity contribution in [1.29, 1.82) is 0 Å². The Kier molecular flexibility index (Phi) is 2.11. The van der Waals surface area contributed by atoms with Gasteiger partial charge in [-0.1, -0.05) is 11.6 Å². The van der Waals surface area contributed by atoms with Crippen molar-refractivity contribution in [3.8, 4) is 0 Å². The van der Waals surface area contributed by atoms with Crippen LogP contribution < -0.4 is 5.73 Å². The Morgan fingerprint density at radius 2 is 2.30 bits per heavy atom. The van der Waals surface area contributed by atoms with Crippen LogP contribution in [0.3, 0.4) is 0 Å². The van der Waals surface area contributed by atoms with Crippen molar-refractivity contribution >= 4 is 33.2 Å². The molecule has 2 N–H and O–H groups in total. The first kappa shape index (κ1) is 7.75. The van der Waals surface area contributed by atoms with Crippen LogP contribution in [0.25, 0.3) is 0 Å². The molecular formula is C5H3BrClFN2. The first-order valence-corrected chi connectivity index (χ1v) is 3.55. The summed E-state index contributed by atoms with van der Waals surface area (Å²) in [5.41, 5.74) is 5.18. The summed E-state index contributed by atoms with van der Waals surface area (Å²) in [7, 11) is 0. The minimum Gasteiger partial charge on any atom is -0.394 e. The van der Waals surface area contributed by atoms with Gasteiger partial charge in [-0.15, -0.1) is 0 Å². The molecule has 54 valence electrons. The molecule has 0 bridgehead atoms. The Morgan fingerprint density at radius 1 is 1.70 bits per heavy atom. The normalized spacial score (nSPS) is 9.90. The number of hydrogen-bond acceptors (Lipinski definition) is 2. The van der Waals surface area contributed by atoms with Crippen molar-refractivity contribution in [2.75, 3.05) is 5.73 Å². The second kappa shape index (κ2) is 2.72. The molecule has 1 heterocycles. The van der Waals surface area contributed by atoms with E-state index in [2.05, 4.69) is 20.9 Å². The van der Waals surface area contributed by atoms with Gasteiger partial charge >= 0.3 is 0 Å². The van der Waals surface area contributed by atoms with Crippen LogP contribution in [0.5, 0.6) is 0 Å². The van der Waals surface area contributed by atoms with E-state index >= 15 is 0 Å². The van der Waals surface area contributed by atoms with Gasteiger partial charge < -0.3 is 5.73 Å². The van der Waals surface area contributed by atoms with Gasteiger partial charge in [0.1, 0.15) is 10.8 Å². The van der Waals surface area contributed by atoms with Crippen molar-refractivity contribution in [3.05, 3.63) is 21.6 Å². The highest BCUT2D eigenvalue weighted by atomic mass is 79.9. The van der Waals surface area contributed by atoms with Gasteiger partial charge in [-0.2, -0.15) is 4.39 Å². The number of aromatic nitrogens is 1. The maximum absolute atomic E-state index is 12.5. The number of nitrogens with zero attached hydrogens (tertiary/aromatic N) is 1. The molecule has 10 heavy (non-hydrogen) atoms. The Hall–Kier alpha value is -0.350. The molecule has 0 aromatic carbocycles. The lowest BCUT2D eigenvalue weighted by molar-refractivity contribution is 0.588. The summed E-state index contributed by atoms with van der Waals surface area (Å²) in [5.74, 6) is -0.751. The molecule has 5 heteroatoms. The van der Waals surface area contributed by atoms with E-state index < -0.39 is 5.95 Å². The fourth-order valence-electron chi connectivity index (χ4n) is 0.467. The number of nitrogens with two attached hydrogens (primary N) is 1. The van der Waals surface area contributed by atoms with Gasteiger partial charge in [-0.25, -0.2) is 4.98 Å². The van der Waals surface area contributed by atoms with Gasteiger partial charge in [-0.05, 0) is 22.0 Å². The van der Waals surface area contributed by atoms with E-state index in [1.54, 1.807) is 0 Å². The zero-order valence-electron chi connectivity index (χ0n) is 4.74. The summed E-state index contributed by atoms with van der Waals surface area (Å²) in [4.78, 5) is 3.28. The fourth-order valence-corrected chi connectivity index (χ4v) is 1.16. The summed E-state index contributed by atoms with van der Waals surface area (Å²) >= 11 is 8.39. The number of halogens is 3. The third-order valence-electron chi connectivity index (χ3n) is 0.930. The molecule has 0 spiro atoms. The highest BCUT2D eigenvalue weighted by Gasteiger charge is 2.04. The number of nitrogen functional groups attached to an aromatic ring is 1. The first-order chi connectivity index (χ1) is 4.61. The molecule has 1 aromatic rings. The number of anilines is 1. The van der Waals surface area contributed by atoms with Crippen LogP contribution in [0.15, 0.2) is 10.5 Å². The van der Waals surface area contributed by atoms with Gasteiger partial charge in [0.25, 0.3) is 0 Å². The summed E-state index contributed by atoms with van der Waals surface area (Å²) in [6, 6.07) is 1.43. The third kappa shape index (κ3) is 1.38. The van der Waals surface area contributed by atoms with E-state index in [0.717, 1.165) is 0 Å². The van der Waals surface area contributed by atoms with E-state index in [-0.39, 0.29) is 10.8 Å². The smallest absolute Gasteiger partial charge is 0.238 e. The lowest BCUT2D eigenvalue weighted by atomic mass is 10.4. The number of rotatable bonds is 0. The van der Waals surface area contributed by atoms with Crippen molar-refractivity contribution in [2.24, 2.45) is 0 Å². The molecule has 2 nitrogen and oxygen atoms in total. The van der Waals surface area contributed by atoms with Crippen LogP contribution in [0, 0.1) is 5.95 Å².